The number of hydrogen-bond acceptors (Lipinski definition) is 7. The maximum atomic E-state index is 11.3. The molecular formula is C37H46Cl2N4O6+2. The first kappa shape index (κ1) is 37.7. The number of methoxy groups -OCH3 is 2. The van der Waals surface area contributed by atoms with Gasteiger partial charge in [0.25, 0.3) is 0 Å². The average molecular weight is 714 g/mol. The molecule has 0 aliphatic carbocycles. The molecule has 4 rings (SSSR count). The lowest BCUT2D eigenvalue weighted by atomic mass is 9.92. The Hall–Kier alpha value is -4.09. The Morgan fingerprint density at radius 2 is 1.12 bits per heavy atom. The van der Waals surface area contributed by atoms with Crippen molar-refractivity contribution in [3.8, 4) is 34.6 Å². The van der Waals surface area contributed by atoms with E-state index >= 15 is 0 Å². The highest BCUT2D eigenvalue weighted by Crippen LogP contribution is 2.35. The molecule has 0 radical (unpaired) electrons. The van der Waals surface area contributed by atoms with Gasteiger partial charge in [0.1, 0.15) is 36.3 Å². The van der Waals surface area contributed by atoms with E-state index in [2.05, 4.69) is 57.1 Å². The Kier molecular flexibility index (Phi) is 12.0. The second-order valence-corrected chi connectivity index (χ2v) is 14.6. The number of likely N-dealkylation sites (N-methyl/N-ethyl adjacent to an activating group) is 1. The third-order valence-corrected chi connectivity index (χ3v) is 8.61. The fraction of sp³-hybridized carbons (Fsp3) is 0.378. The molecule has 4 aromatic rings. The number of halogens is 2. The van der Waals surface area contributed by atoms with Crippen LogP contribution in [0.1, 0.15) is 33.4 Å². The summed E-state index contributed by atoms with van der Waals surface area (Å²) in [5.74, 6) is 0.503. The highest BCUT2D eigenvalue weighted by molar-refractivity contribution is 6.32. The Labute approximate surface area is 298 Å². The number of hydrogen-bond donors (Lipinski definition) is 1. The summed E-state index contributed by atoms with van der Waals surface area (Å²) in [4.78, 5) is 20.4. The number of carboxylic acid groups (broad SMARTS) is 1. The van der Waals surface area contributed by atoms with Crippen LogP contribution in [0.2, 0.25) is 10.0 Å². The largest absolute Gasteiger partial charge is 0.481 e. The van der Waals surface area contributed by atoms with Gasteiger partial charge in [-0.15, -0.1) is 0 Å². The second-order valence-electron chi connectivity index (χ2n) is 13.7. The van der Waals surface area contributed by atoms with Crippen molar-refractivity contribution >= 4 is 29.2 Å². The summed E-state index contributed by atoms with van der Waals surface area (Å²) in [7, 11) is 13.0. The summed E-state index contributed by atoms with van der Waals surface area (Å²) in [6.45, 7) is 5.66. The lowest BCUT2D eigenvalue weighted by Gasteiger charge is -2.28. The Balaban J connectivity index is 1.53. The highest BCUT2D eigenvalue weighted by Gasteiger charge is 2.25. The molecule has 0 atom stereocenters. The molecule has 0 fully saturated rings. The van der Waals surface area contributed by atoms with Crippen molar-refractivity contribution in [2.75, 3.05) is 56.0 Å². The molecule has 0 saturated carbocycles. The predicted molar refractivity (Wildman–Crippen MR) is 192 cm³/mol. The molecule has 0 bridgehead atoms. The van der Waals surface area contributed by atoms with Crippen molar-refractivity contribution in [2.24, 2.45) is 0 Å². The van der Waals surface area contributed by atoms with Gasteiger partial charge >= 0.3 is 5.97 Å². The molecule has 1 N–H and O–H groups in total. The Bertz CT molecular complexity index is 1820. The zero-order chi connectivity index (χ0) is 36.1. The van der Waals surface area contributed by atoms with Gasteiger partial charge in [-0.3, -0.25) is 0 Å². The minimum atomic E-state index is -0.893. The summed E-state index contributed by atoms with van der Waals surface area (Å²) in [5, 5.41) is 10.0. The van der Waals surface area contributed by atoms with E-state index < -0.39 is 5.97 Å². The third kappa shape index (κ3) is 9.76. The molecule has 262 valence electrons. The predicted octanol–water partition coefficient (Wildman–Crippen LogP) is 7.11. The number of nitrogens with zero attached hydrogens (tertiary/aromatic N) is 4. The fourth-order valence-electron chi connectivity index (χ4n) is 5.72. The first-order chi connectivity index (χ1) is 23.0. The van der Waals surface area contributed by atoms with Crippen molar-refractivity contribution in [2.45, 2.75) is 40.2 Å². The number of rotatable bonds is 15. The summed E-state index contributed by atoms with van der Waals surface area (Å²) < 4.78 is 24.2. The van der Waals surface area contributed by atoms with E-state index in [0.717, 1.165) is 38.9 Å². The monoisotopic (exact) mass is 712 g/mol. The van der Waals surface area contributed by atoms with Crippen molar-refractivity contribution in [1.29, 1.82) is 0 Å². The molecule has 12 heteroatoms. The minimum absolute atomic E-state index is 0.0595. The summed E-state index contributed by atoms with van der Waals surface area (Å²) in [6, 6.07) is 15.8. The number of quaternary nitrogens is 2. The van der Waals surface area contributed by atoms with Crippen LogP contribution in [0, 0.1) is 13.8 Å². The van der Waals surface area contributed by atoms with Crippen molar-refractivity contribution < 1.29 is 37.8 Å². The fourth-order valence-corrected chi connectivity index (χ4v) is 6.18. The number of ether oxygens (including phenoxy) is 4. The quantitative estimate of drug-likeness (QED) is 0.130. The minimum Gasteiger partial charge on any atom is -0.481 e. The summed E-state index contributed by atoms with van der Waals surface area (Å²) in [5.41, 5.74) is 7.83. The van der Waals surface area contributed by atoms with E-state index in [1.54, 1.807) is 13.2 Å². The van der Waals surface area contributed by atoms with E-state index in [1.807, 2.05) is 44.4 Å². The van der Waals surface area contributed by atoms with Crippen LogP contribution in [0.4, 0.5) is 0 Å². The van der Waals surface area contributed by atoms with E-state index in [9.17, 15) is 9.90 Å². The zero-order valence-corrected chi connectivity index (χ0v) is 31.2. The normalized spacial score (nSPS) is 11.7. The molecule has 10 nitrogen and oxygen atoms in total. The number of aromatic nitrogens is 2. The van der Waals surface area contributed by atoms with Gasteiger partial charge in [-0.25, -0.2) is 4.79 Å². The molecule has 2 heterocycles. The molecule has 0 aliphatic heterocycles. The summed E-state index contributed by atoms with van der Waals surface area (Å²) >= 11 is 13.2. The van der Waals surface area contributed by atoms with Crippen LogP contribution in [0.5, 0.6) is 23.5 Å². The van der Waals surface area contributed by atoms with Gasteiger partial charge in [0.2, 0.25) is 23.5 Å². The van der Waals surface area contributed by atoms with Crippen LogP contribution in [0.15, 0.2) is 48.5 Å². The van der Waals surface area contributed by atoms with Gasteiger partial charge in [-0.1, -0.05) is 59.6 Å². The average Bonchev–Trinajstić information content (AvgIpc) is 3.00. The first-order valence-corrected chi connectivity index (χ1v) is 16.5. The maximum absolute atomic E-state index is 11.3. The highest BCUT2D eigenvalue weighted by atomic mass is 35.5. The number of aliphatic carboxylic acids is 1. The molecular weight excluding hydrogens is 667 g/mol. The molecule has 2 aromatic carbocycles. The van der Waals surface area contributed by atoms with Gasteiger partial charge in [0.05, 0.1) is 60.6 Å². The Morgan fingerprint density at radius 1 is 0.694 bits per heavy atom. The van der Waals surface area contributed by atoms with Crippen LogP contribution in [0.3, 0.4) is 0 Å². The maximum Gasteiger partial charge on any atom is 0.359 e. The van der Waals surface area contributed by atoms with E-state index in [0.29, 0.717) is 50.8 Å². The van der Waals surface area contributed by atoms with E-state index in [-0.39, 0.29) is 30.1 Å². The molecule has 49 heavy (non-hydrogen) atoms. The van der Waals surface area contributed by atoms with Crippen molar-refractivity contribution in [1.82, 2.24) is 9.97 Å². The molecule has 0 spiro atoms. The van der Waals surface area contributed by atoms with Crippen LogP contribution >= 0.6 is 23.2 Å². The topological polar surface area (TPSA) is 100 Å². The molecule has 2 aromatic heterocycles. The molecule has 0 aliphatic rings. The summed E-state index contributed by atoms with van der Waals surface area (Å²) in [6.07, 6.45) is 0. The molecule has 0 saturated heterocycles. The zero-order valence-electron chi connectivity index (χ0n) is 29.7. The van der Waals surface area contributed by atoms with E-state index in [1.165, 1.54) is 7.11 Å². The van der Waals surface area contributed by atoms with Gasteiger partial charge in [0.15, 0.2) is 6.54 Å². The number of pyridine rings is 2. The standard InChI is InChI=1S/C37H45Cl2N4O6/c1-23-25(21-48-36-31(38)16-27(18-42(3,4)5)34(40-36)46-8)12-10-14-29(23)30-15-11-13-26(24(30)2)22-49-37-32(39)17-28(35(41-37)47-9)19-43(6,7)20-33(44)45/h10-17H,18-22H2,1-9H3/q+1/p+1. The Morgan fingerprint density at radius 3 is 1.51 bits per heavy atom. The third-order valence-electron chi connectivity index (χ3n) is 8.07. The van der Waals surface area contributed by atoms with Crippen LogP contribution in [-0.4, -0.2) is 86.0 Å². The molecule has 0 unspecified atom stereocenters. The molecule has 0 amide bonds. The number of benzene rings is 2. The number of carbonyl (C=O) groups is 1. The van der Waals surface area contributed by atoms with Gasteiger partial charge in [0, 0.05) is 0 Å². The van der Waals surface area contributed by atoms with Crippen molar-refractivity contribution in [3.05, 3.63) is 92.0 Å². The first-order valence-electron chi connectivity index (χ1n) is 15.8. The number of carboxylic acids is 1. The van der Waals surface area contributed by atoms with Crippen LogP contribution in [-0.2, 0) is 31.1 Å². The van der Waals surface area contributed by atoms with Gasteiger partial charge in [-0.05, 0) is 59.4 Å². The lowest BCUT2D eigenvalue weighted by molar-refractivity contribution is -0.896. The van der Waals surface area contributed by atoms with Gasteiger partial charge in [-0.2, -0.15) is 9.97 Å². The smallest absolute Gasteiger partial charge is 0.359 e. The van der Waals surface area contributed by atoms with E-state index in [4.69, 9.17) is 42.1 Å². The lowest BCUT2D eigenvalue weighted by Crippen LogP contribution is -2.43. The van der Waals surface area contributed by atoms with Crippen molar-refractivity contribution in [3.63, 3.8) is 0 Å². The van der Waals surface area contributed by atoms with Crippen LogP contribution < -0.4 is 18.9 Å². The SMILES string of the molecule is COc1nc(OCc2cccc(-c3cccc(COc4nc(OC)c(C[N+](C)(C)CC(=O)O)cc4Cl)c3C)c2C)c(Cl)cc1C[N+](C)(C)C. The second kappa shape index (κ2) is 15.6. The van der Waals surface area contributed by atoms with Gasteiger partial charge < -0.3 is 33.0 Å². The van der Waals surface area contributed by atoms with Crippen LogP contribution in [0.25, 0.3) is 11.1 Å².